The van der Waals surface area contributed by atoms with Gasteiger partial charge in [-0.3, -0.25) is 19.2 Å². The molecule has 0 aliphatic rings. The fourth-order valence-corrected chi connectivity index (χ4v) is 1.68. The van der Waals surface area contributed by atoms with Crippen LogP contribution in [0.15, 0.2) is 0 Å². The van der Waals surface area contributed by atoms with Crippen molar-refractivity contribution in [1.82, 2.24) is 16.0 Å². The Balaban J connectivity index is 4.81. The summed E-state index contributed by atoms with van der Waals surface area (Å²) < 4.78 is 0. The number of hydrogen-bond acceptors (Lipinski definition) is 7. The molecule has 12 heteroatoms. The van der Waals surface area contributed by atoms with Crippen molar-refractivity contribution in [3.63, 3.8) is 0 Å². The van der Waals surface area contributed by atoms with Gasteiger partial charge < -0.3 is 37.0 Å². The molecular formula is C14H24N4O8. The minimum atomic E-state index is -1.65. The third kappa shape index (κ3) is 8.39. The van der Waals surface area contributed by atoms with Crippen molar-refractivity contribution in [3.05, 3.63) is 0 Å². The Morgan fingerprint density at radius 2 is 1.54 bits per heavy atom. The first-order chi connectivity index (χ1) is 12.0. The predicted molar refractivity (Wildman–Crippen MR) is 86.7 cm³/mol. The summed E-state index contributed by atoms with van der Waals surface area (Å²) in [5.74, 6) is -5.70. The first-order valence-corrected chi connectivity index (χ1v) is 7.68. The second-order valence-corrected chi connectivity index (χ2v) is 5.79. The van der Waals surface area contributed by atoms with Crippen LogP contribution < -0.4 is 21.7 Å². The SMILES string of the molecule is CC(C)C(N)C(=O)NCC(=O)NC(CC(=O)O)C(=O)NC(CO)C(=O)O. The molecule has 0 rings (SSSR count). The number of nitrogens with two attached hydrogens (primary N) is 1. The van der Waals surface area contributed by atoms with E-state index in [9.17, 15) is 24.0 Å². The van der Waals surface area contributed by atoms with Crippen molar-refractivity contribution >= 4 is 29.7 Å². The number of nitrogens with one attached hydrogen (secondary N) is 3. The Labute approximate surface area is 149 Å². The summed E-state index contributed by atoms with van der Waals surface area (Å²) in [6, 6.07) is -4.09. The van der Waals surface area contributed by atoms with Crippen molar-refractivity contribution in [2.75, 3.05) is 13.2 Å². The Bertz CT molecular complexity index is 551. The van der Waals surface area contributed by atoms with E-state index in [2.05, 4.69) is 10.6 Å². The number of carbonyl (C=O) groups excluding carboxylic acids is 3. The molecule has 26 heavy (non-hydrogen) atoms. The van der Waals surface area contributed by atoms with E-state index in [1.807, 2.05) is 5.32 Å². The van der Waals surface area contributed by atoms with Gasteiger partial charge in [0.05, 0.1) is 25.6 Å². The van der Waals surface area contributed by atoms with E-state index < -0.39 is 67.4 Å². The van der Waals surface area contributed by atoms with E-state index >= 15 is 0 Å². The van der Waals surface area contributed by atoms with Crippen LogP contribution in [0.4, 0.5) is 0 Å². The number of aliphatic hydroxyl groups excluding tert-OH is 1. The van der Waals surface area contributed by atoms with Gasteiger partial charge in [0.25, 0.3) is 0 Å². The van der Waals surface area contributed by atoms with Crippen LogP contribution in [0.1, 0.15) is 20.3 Å². The average Bonchev–Trinajstić information content (AvgIpc) is 2.54. The van der Waals surface area contributed by atoms with Gasteiger partial charge in [0.15, 0.2) is 0 Å². The molecule has 0 aliphatic heterocycles. The maximum atomic E-state index is 12.0. The topological polar surface area (TPSA) is 208 Å². The van der Waals surface area contributed by atoms with Gasteiger partial charge in [0.2, 0.25) is 17.7 Å². The van der Waals surface area contributed by atoms with Crippen molar-refractivity contribution in [2.24, 2.45) is 11.7 Å². The first-order valence-electron chi connectivity index (χ1n) is 7.68. The molecule has 0 bridgehead atoms. The highest BCUT2D eigenvalue weighted by Crippen LogP contribution is 1.98. The van der Waals surface area contributed by atoms with Gasteiger partial charge in [-0.2, -0.15) is 0 Å². The van der Waals surface area contributed by atoms with E-state index in [1.165, 1.54) is 0 Å². The number of carboxylic acid groups (broad SMARTS) is 2. The molecule has 3 unspecified atom stereocenters. The highest BCUT2D eigenvalue weighted by Gasteiger charge is 2.28. The molecule has 3 atom stereocenters. The standard InChI is InChI=1S/C14H24N4O8/c1-6(2)11(15)13(24)16-4-9(20)17-7(3-10(21)22)12(23)18-8(5-19)14(25)26/h6-8,11,19H,3-5,15H2,1-2H3,(H,16,24)(H,17,20)(H,18,23)(H,21,22)(H,25,26). The maximum Gasteiger partial charge on any atom is 0.328 e. The van der Waals surface area contributed by atoms with E-state index in [-0.39, 0.29) is 5.92 Å². The van der Waals surface area contributed by atoms with Gasteiger partial charge in [-0.25, -0.2) is 4.79 Å². The molecule has 0 aromatic rings. The summed E-state index contributed by atoms with van der Waals surface area (Å²) in [7, 11) is 0. The van der Waals surface area contributed by atoms with Crippen LogP contribution in [-0.2, 0) is 24.0 Å². The number of hydrogen-bond donors (Lipinski definition) is 7. The van der Waals surface area contributed by atoms with Crippen LogP contribution in [-0.4, -0.2) is 76.3 Å². The number of aliphatic hydroxyl groups is 1. The monoisotopic (exact) mass is 376 g/mol. The van der Waals surface area contributed by atoms with Crippen LogP contribution >= 0.6 is 0 Å². The second kappa shape index (κ2) is 11.0. The molecule has 0 aromatic carbocycles. The van der Waals surface area contributed by atoms with Crippen LogP contribution in [0.3, 0.4) is 0 Å². The average molecular weight is 376 g/mol. The minimum Gasteiger partial charge on any atom is -0.481 e. The molecule has 0 spiro atoms. The van der Waals surface area contributed by atoms with Gasteiger partial charge in [-0.05, 0) is 5.92 Å². The summed E-state index contributed by atoms with van der Waals surface area (Å²) in [6.45, 7) is 1.94. The Morgan fingerprint density at radius 1 is 0.962 bits per heavy atom. The summed E-state index contributed by atoms with van der Waals surface area (Å²) in [6.07, 6.45) is -0.825. The largest absolute Gasteiger partial charge is 0.481 e. The lowest BCUT2D eigenvalue weighted by Crippen LogP contribution is -2.55. The van der Waals surface area contributed by atoms with Gasteiger partial charge in [0, 0.05) is 0 Å². The van der Waals surface area contributed by atoms with E-state index in [0.717, 1.165) is 0 Å². The molecular weight excluding hydrogens is 352 g/mol. The number of carboxylic acids is 2. The van der Waals surface area contributed by atoms with Crippen LogP contribution in [0.5, 0.6) is 0 Å². The van der Waals surface area contributed by atoms with Crippen molar-refractivity contribution in [1.29, 1.82) is 0 Å². The molecule has 0 saturated heterocycles. The zero-order chi connectivity index (χ0) is 20.4. The maximum absolute atomic E-state index is 12.0. The molecule has 0 fully saturated rings. The molecule has 3 amide bonds. The van der Waals surface area contributed by atoms with Crippen LogP contribution in [0.25, 0.3) is 0 Å². The zero-order valence-electron chi connectivity index (χ0n) is 14.4. The smallest absolute Gasteiger partial charge is 0.328 e. The lowest BCUT2D eigenvalue weighted by atomic mass is 10.1. The highest BCUT2D eigenvalue weighted by molar-refractivity contribution is 5.94. The van der Waals surface area contributed by atoms with E-state index in [1.54, 1.807) is 13.8 Å². The van der Waals surface area contributed by atoms with Gasteiger partial charge in [0.1, 0.15) is 12.1 Å². The van der Waals surface area contributed by atoms with Crippen molar-refractivity contribution < 1.29 is 39.3 Å². The molecule has 0 aromatic heterocycles. The summed E-state index contributed by atoms with van der Waals surface area (Å²) in [5, 5.41) is 32.7. The number of amides is 3. The van der Waals surface area contributed by atoms with E-state index in [4.69, 9.17) is 21.1 Å². The van der Waals surface area contributed by atoms with Crippen LogP contribution in [0.2, 0.25) is 0 Å². The molecule has 0 radical (unpaired) electrons. The Kier molecular flexibility index (Phi) is 9.84. The zero-order valence-corrected chi connectivity index (χ0v) is 14.4. The first kappa shape index (κ1) is 23.3. The molecule has 0 aliphatic carbocycles. The quantitative estimate of drug-likeness (QED) is 0.191. The molecule has 0 saturated carbocycles. The van der Waals surface area contributed by atoms with Gasteiger partial charge in [-0.1, -0.05) is 13.8 Å². The van der Waals surface area contributed by atoms with Gasteiger partial charge in [-0.15, -0.1) is 0 Å². The van der Waals surface area contributed by atoms with Gasteiger partial charge >= 0.3 is 11.9 Å². The molecule has 8 N–H and O–H groups in total. The Hall–Kier alpha value is -2.73. The summed E-state index contributed by atoms with van der Waals surface area (Å²) in [5.41, 5.74) is 5.60. The van der Waals surface area contributed by atoms with Crippen molar-refractivity contribution in [2.45, 2.75) is 38.4 Å². The van der Waals surface area contributed by atoms with E-state index in [0.29, 0.717) is 0 Å². The predicted octanol–water partition coefficient (Wildman–Crippen LogP) is -3.39. The highest BCUT2D eigenvalue weighted by atomic mass is 16.4. The fourth-order valence-electron chi connectivity index (χ4n) is 1.68. The van der Waals surface area contributed by atoms with Crippen molar-refractivity contribution in [3.8, 4) is 0 Å². The third-order valence-corrected chi connectivity index (χ3v) is 3.27. The Morgan fingerprint density at radius 3 is 1.96 bits per heavy atom. The minimum absolute atomic E-state index is 0.171. The second-order valence-electron chi connectivity index (χ2n) is 5.79. The normalized spacial score (nSPS) is 14.0. The number of carbonyl (C=O) groups is 5. The molecule has 12 nitrogen and oxygen atoms in total. The lowest BCUT2D eigenvalue weighted by Gasteiger charge is -2.20. The lowest BCUT2D eigenvalue weighted by molar-refractivity contribution is -0.144. The number of rotatable bonds is 11. The third-order valence-electron chi connectivity index (χ3n) is 3.27. The van der Waals surface area contributed by atoms with Crippen LogP contribution in [0, 0.1) is 5.92 Å². The molecule has 148 valence electrons. The fraction of sp³-hybridized carbons (Fsp3) is 0.643. The summed E-state index contributed by atoms with van der Waals surface area (Å²) >= 11 is 0. The summed E-state index contributed by atoms with van der Waals surface area (Å²) in [4.78, 5) is 57.1. The number of aliphatic carboxylic acids is 2. The molecule has 0 heterocycles.